The summed E-state index contributed by atoms with van der Waals surface area (Å²) in [6.07, 6.45) is 3.91. The van der Waals surface area contributed by atoms with Crippen LogP contribution < -0.4 is 0 Å². The van der Waals surface area contributed by atoms with Crippen molar-refractivity contribution in [3.63, 3.8) is 0 Å². The van der Waals surface area contributed by atoms with E-state index in [0.29, 0.717) is 6.04 Å². The van der Waals surface area contributed by atoms with Gasteiger partial charge in [0, 0.05) is 6.04 Å². The highest BCUT2D eigenvalue weighted by Gasteiger charge is 2.22. The monoisotopic (exact) mass is 239 g/mol. The first-order valence-corrected chi connectivity index (χ1v) is 5.86. The minimum absolute atomic E-state index is 0. The fourth-order valence-corrected chi connectivity index (χ4v) is 2.83. The molecule has 90 valence electrons. The molecule has 0 aromatic heterocycles. The van der Waals surface area contributed by atoms with E-state index in [4.69, 9.17) is 0 Å². The number of fused-ring (bicyclic) bond motifs is 1. The first-order chi connectivity index (χ1) is 7.09. The van der Waals surface area contributed by atoms with Gasteiger partial charge < -0.3 is 4.90 Å². The fourth-order valence-electron chi connectivity index (χ4n) is 2.83. The molecule has 0 saturated carbocycles. The molecular weight excluding hydrogens is 218 g/mol. The highest BCUT2D eigenvalue weighted by atomic mass is 35.5. The van der Waals surface area contributed by atoms with Crippen LogP contribution in [0.15, 0.2) is 12.1 Å². The van der Waals surface area contributed by atoms with Crippen molar-refractivity contribution in [1.82, 2.24) is 4.90 Å². The van der Waals surface area contributed by atoms with E-state index in [9.17, 15) is 0 Å². The molecule has 16 heavy (non-hydrogen) atoms. The average Bonchev–Trinajstić information content (AvgIpc) is 2.16. The molecule has 1 aromatic carbocycles. The molecule has 1 nitrogen and oxygen atoms in total. The number of aryl methyl sites for hydroxylation is 2. The van der Waals surface area contributed by atoms with Crippen LogP contribution in [0.1, 0.15) is 41.1 Å². The quantitative estimate of drug-likeness (QED) is 0.723. The van der Waals surface area contributed by atoms with Crippen molar-refractivity contribution in [2.75, 3.05) is 14.1 Å². The predicted molar refractivity (Wildman–Crippen MR) is 72.5 cm³/mol. The Bertz CT molecular complexity index is 371. The Morgan fingerprint density at radius 1 is 1.19 bits per heavy atom. The molecule has 0 fully saturated rings. The molecule has 0 radical (unpaired) electrons. The number of rotatable bonds is 1. The van der Waals surface area contributed by atoms with E-state index >= 15 is 0 Å². The predicted octanol–water partition coefficient (Wildman–Crippen LogP) is 3.66. The molecule has 1 unspecified atom stereocenters. The van der Waals surface area contributed by atoms with E-state index in [1.54, 1.807) is 11.1 Å². The molecule has 1 aromatic rings. The third kappa shape index (κ3) is 2.41. The van der Waals surface area contributed by atoms with Gasteiger partial charge >= 0.3 is 0 Å². The van der Waals surface area contributed by atoms with E-state index in [2.05, 4.69) is 45.0 Å². The smallest absolute Gasteiger partial charge is 0.0345 e. The van der Waals surface area contributed by atoms with E-state index < -0.39 is 0 Å². The summed E-state index contributed by atoms with van der Waals surface area (Å²) in [5, 5.41) is 0. The van der Waals surface area contributed by atoms with Gasteiger partial charge in [-0.1, -0.05) is 17.7 Å². The Hall–Kier alpha value is -0.530. The van der Waals surface area contributed by atoms with Gasteiger partial charge in [-0.25, -0.2) is 0 Å². The van der Waals surface area contributed by atoms with Crippen LogP contribution in [0.2, 0.25) is 0 Å². The van der Waals surface area contributed by atoms with Gasteiger partial charge in [-0.2, -0.15) is 0 Å². The summed E-state index contributed by atoms with van der Waals surface area (Å²) < 4.78 is 0. The molecule has 2 rings (SSSR count). The van der Waals surface area contributed by atoms with Crippen LogP contribution in [0.4, 0.5) is 0 Å². The Labute approximate surface area is 105 Å². The number of benzene rings is 1. The van der Waals surface area contributed by atoms with Crippen molar-refractivity contribution in [1.29, 1.82) is 0 Å². The lowest BCUT2D eigenvalue weighted by Gasteiger charge is -2.32. The van der Waals surface area contributed by atoms with E-state index in [1.165, 1.54) is 30.4 Å². The molecule has 2 heteroatoms. The summed E-state index contributed by atoms with van der Waals surface area (Å²) in [6.45, 7) is 4.46. The summed E-state index contributed by atoms with van der Waals surface area (Å²) in [5.74, 6) is 0. The lowest BCUT2D eigenvalue weighted by Crippen LogP contribution is -2.24. The molecule has 1 atom stereocenters. The van der Waals surface area contributed by atoms with Gasteiger partial charge in [0.2, 0.25) is 0 Å². The third-order valence-electron chi connectivity index (χ3n) is 3.54. The zero-order chi connectivity index (χ0) is 11.0. The second kappa shape index (κ2) is 5.20. The minimum Gasteiger partial charge on any atom is -0.302 e. The standard InChI is InChI=1S/C14H21N.ClH/c1-10-8-11(2)12-6-5-7-14(15(3)4)13(12)9-10;/h8-9,14H,5-7H2,1-4H3;1H. The molecule has 0 saturated heterocycles. The first-order valence-electron chi connectivity index (χ1n) is 5.86. The number of hydrogen-bond acceptors (Lipinski definition) is 1. The highest BCUT2D eigenvalue weighted by molar-refractivity contribution is 5.85. The van der Waals surface area contributed by atoms with Crippen molar-refractivity contribution in [2.24, 2.45) is 0 Å². The lowest BCUT2D eigenvalue weighted by atomic mass is 9.83. The molecule has 0 N–H and O–H groups in total. The molecule has 0 heterocycles. The third-order valence-corrected chi connectivity index (χ3v) is 3.54. The van der Waals surface area contributed by atoms with E-state index in [-0.39, 0.29) is 12.4 Å². The topological polar surface area (TPSA) is 3.24 Å². The Morgan fingerprint density at radius 3 is 2.50 bits per heavy atom. The molecule has 0 aliphatic heterocycles. The first kappa shape index (κ1) is 13.5. The number of hydrogen-bond donors (Lipinski definition) is 0. The van der Waals surface area contributed by atoms with Crippen LogP contribution in [0, 0.1) is 13.8 Å². The van der Waals surface area contributed by atoms with Gasteiger partial charge in [-0.05, 0) is 63.9 Å². The van der Waals surface area contributed by atoms with Gasteiger partial charge in [-0.15, -0.1) is 12.4 Å². The van der Waals surface area contributed by atoms with E-state index in [1.807, 2.05) is 0 Å². The van der Waals surface area contributed by atoms with Crippen LogP contribution in [-0.4, -0.2) is 19.0 Å². The van der Waals surface area contributed by atoms with Crippen molar-refractivity contribution in [3.8, 4) is 0 Å². The van der Waals surface area contributed by atoms with Crippen LogP contribution in [0.5, 0.6) is 0 Å². The van der Waals surface area contributed by atoms with Gasteiger partial charge in [0.15, 0.2) is 0 Å². The SMILES string of the molecule is Cc1cc(C)c2c(c1)C(N(C)C)CCC2.Cl. The number of nitrogens with zero attached hydrogens (tertiary/aromatic N) is 1. The van der Waals surface area contributed by atoms with Crippen LogP contribution in [0.3, 0.4) is 0 Å². The molecule has 0 bridgehead atoms. The van der Waals surface area contributed by atoms with Crippen molar-refractivity contribution >= 4 is 12.4 Å². The normalized spacial score (nSPS) is 19.2. The maximum Gasteiger partial charge on any atom is 0.0345 e. The van der Waals surface area contributed by atoms with Gasteiger partial charge in [0.25, 0.3) is 0 Å². The minimum atomic E-state index is 0. The lowest BCUT2D eigenvalue weighted by molar-refractivity contribution is 0.268. The van der Waals surface area contributed by atoms with Crippen LogP contribution in [-0.2, 0) is 6.42 Å². The Balaban J connectivity index is 0.00000128. The Kier molecular flexibility index (Phi) is 4.40. The zero-order valence-corrected chi connectivity index (χ0v) is 11.5. The number of halogens is 1. The van der Waals surface area contributed by atoms with E-state index in [0.717, 1.165) is 0 Å². The molecular formula is C14H22ClN. The molecule has 1 aliphatic carbocycles. The molecule has 1 aliphatic rings. The largest absolute Gasteiger partial charge is 0.302 e. The molecule has 0 amide bonds. The second-order valence-corrected chi connectivity index (χ2v) is 5.02. The van der Waals surface area contributed by atoms with Crippen molar-refractivity contribution in [3.05, 3.63) is 34.4 Å². The fraction of sp³-hybridized carbons (Fsp3) is 0.571. The van der Waals surface area contributed by atoms with Gasteiger partial charge in [0.1, 0.15) is 0 Å². The van der Waals surface area contributed by atoms with Gasteiger partial charge in [-0.3, -0.25) is 0 Å². The van der Waals surface area contributed by atoms with Crippen molar-refractivity contribution in [2.45, 2.75) is 39.2 Å². The van der Waals surface area contributed by atoms with Crippen LogP contribution in [0.25, 0.3) is 0 Å². The van der Waals surface area contributed by atoms with Crippen molar-refractivity contribution < 1.29 is 0 Å². The maximum absolute atomic E-state index is 2.38. The zero-order valence-electron chi connectivity index (χ0n) is 10.7. The van der Waals surface area contributed by atoms with Crippen LogP contribution >= 0.6 is 12.4 Å². The summed E-state index contributed by atoms with van der Waals surface area (Å²) in [4.78, 5) is 2.36. The maximum atomic E-state index is 2.38. The molecule has 0 spiro atoms. The summed E-state index contributed by atoms with van der Waals surface area (Å²) >= 11 is 0. The van der Waals surface area contributed by atoms with Gasteiger partial charge in [0.05, 0.1) is 0 Å². The highest BCUT2D eigenvalue weighted by Crippen LogP contribution is 2.35. The summed E-state index contributed by atoms with van der Waals surface area (Å²) in [5.41, 5.74) is 6.06. The summed E-state index contributed by atoms with van der Waals surface area (Å²) in [7, 11) is 4.38. The summed E-state index contributed by atoms with van der Waals surface area (Å²) in [6, 6.07) is 5.33. The Morgan fingerprint density at radius 2 is 1.88 bits per heavy atom. The average molecular weight is 240 g/mol. The second-order valence-electron chi connectivity index (χ2n) is 5.02.